The second-order valence-corrected chi connectivity index (χ2v) is 7.93. The summed E-state index contributed by atoms with van der Waals surface area (Å²) in [5, 5.41) is 13.9. The van der Waals surface area contributed by atoms with E-state index in [1.54, 1.807) is 18.2 Å². The third-order valence-corrected chi connectivity index (χ3v) is 5.72. The molecule has 156 valence electrons. The zero-order chi connectivity index (χ0) is 21.7. The first-order valence-corrected chi connectivity index (χ1v) is 10.0. The second-order valence-electron chi connectivity index (χ2n) is 7.52. The molecule has 3 heterocycles. The van der Waals surface area contributed by atoms with Crippen molar-refractivity contribution in [3.63, 3.8) is 0 Å². The van der Waals surface area contributed by atoms with Crippen LogP contribution in [0.1, 0.15) is 17.0 Å². The summed E-state index contributed by atoms with van der Waals surface area (Å²) in [7, 11) is 0. The largest absolute Gasteiger partial charge is 0.337 e. The second kappa shape index (κ2) is 7.28. The molecule has 2 aliphatic heterocycles. The number of fused-ring (bicyclic) bond motifs is 1. The Labute approximate surface area is 182 Å². The van der Waals surface area contributed by atoms with Crippen LogP contribution in [-0.4, -0.2) is 39.0 Å². The highest BCUT2D eigenvalue weighted by atomic mass is 35.5. The molecule has 0 bridgehead atoms. The molecule has 9 nitrogen and oxygen atoms in total. The van der Waals surface area contributed by atoms with Crippen molar-refractivity contribution < 1.29 is 14.1 Å². The number of nitrogens with zero attached hydrogens (tertiary/aromatic N) is 6. The quantitative estimate of drug-likeness (QED) is 0.580. The number of carbonyl (C=O) groups excluding carboxylic acids is 2. The molecule has 2 atom stereocenters. The summed E-state index contributed by atoms with van der Waals surface area (Å²) in [5.41, 5.74) is 3.17. The van der Waals surface area contributed by atoms with Crippen LogP contribution in [0.4, 0.5) is 5.69 Å². The van der Waals surface area contributed by atoms with Crippen LogP contribution >= 0.6 is 11.6 Å². The van der Waals surface area contributed by atoms with E-state index in [9.17, 15) is 9.59 Å². The van der Waals surface area contributed by atoms with Crippen LogP contribution in [-0.2, 0) is 16.1 Å². The minimum atomic E-state index is -0.910. The van der Waals surface area contributed by atoms with Crippen molar-refractivity contribution in [3.05, 3.63) is 64.5 Å². The van der Waals surface area contributed by atoms with E-state index >= 15 is 0 Å². The Hall–Kier alpha value is -3.59. The molecule has 5 rings (SSSR count). The maximum Gasteiger partial charge on any atom is 0.263 e. The Morgan fingerprint density at radius 3 is 2.71 bits per heavy atom. The van der Waals surface area contributed by atoms with Crippen LogP contribution in [0.3, 0.4) is 0 Å². The maximum atomic E-state index is 13.1. The molecule has 0 unspecified atom stereocenters. The van der Waals surface area contributed by atoms with Crippen molar-refractivity contribution >= 4 is 29.1 Å². The van der Waals surface area contributed by atoms with Crippen molar-refractivity contribution in [2.24, 2.45) is 10.3 Å². The van der Waals surface area contributed by atoms with Gasteiger partial charge in [0.05, 0.1) is 5.69 Å². The smallest absolute Gasteiger partial charge is 0.263 e. The van der Waals surface area contributed by atoms with Crippen molar-refractivity contribution in [1.29, 1.82) is 0 Å². The lowest BCUT2D eigenvalue weighted by molar-refractivity contribution is -0.123. The predicted octanol–water partition coefficient (Wildman–Crippen LogP) is 3.50. The topological polar surface area (TPSA) is 104 Å². The lowest BCUT2D eigenvalue weighted by Gasteiger charge is -2.19. The summed E-state index contributed by atoms with van der Waals surface area (Å²) in [6.45, 7) is 3.88. The van der Waals surface area contributed by atoms with Crippen LogP contribution < -0.4 is 4.90 Å². The fourth-order valence-electron chi connectivity index (χ4n) is 3.69. The zero-order valence-corrected chi connectivity index (χ0v) is 17.4. The number of hydrogen-bond donors (Lipinski definition) is 0. The Kier molecular flexibility index (Phi) is 4.55. The van der Waals surface area contributed by atoms with Crippen molar-refractivity contribution in [1.82, 2.24) is 15.1 Å². The molecule has 0 aliphatic carbocycles. The predicted molar refractivity (Wildman–Crippen MR) is 111 cm³/mol. The van der Waals surface area contributed by atoms with E-state index in [-0.39, 0.29) is 12.4 Å². The molecule has 31 heavy (non-hydrogen) atoms. The van der Waals surface area contributed by atoms with Gasteiger partial charge in [0.2, 0.25) is 11.7 Å². The SMILES string of the molecule is Cc1cccc(-c2noc(CN3N=N[C@H]4C(=O)N(c5ccc(C)c(Cl)c5)C(=O)[C@H]43)n2)c1. The van der Waals surface area contributed by atoms with E-state index < -0.39 is 23.9 Å². The number of carbonyl (C=O) groups is 2. The van der Waals surface area contributed by atoms with Crippen LogP contribution in [0.15, 0.2) is 57.3 Å². The van der Waals surface area contributed by atoms with Gasteiger partial charge in [-0.15, -0.1) is 0 Å². The van der Waals surface area contributed by atoms with E-state index in [1.807, 2.05) is 38.1 Å². The fraction of sp³-hybridized carbons (Fsp3) is 0.238. The standard InChI is InChI=1S/C21H17ClN6O3/c1-11-4-3-5-13(8-11)19-23-16(31-25-19)10-27-18-17(24-26-27)20(29)28(21(18)30)14-7-6-12(2)15(22)9-14/h3-9,17-18H,10H2,1-2H3/t17-,18+/m1/s1. The highest BCUT2D eigenvalue weighted by Gasteiger charge is 2.55. The van der Waals surface area contributed by atoms with E-state index in [1.165, 1.54) is 5.01 Å². The molecule has 1 aromatic heterocycles. The van der Waals surface area contributed by atoms with Gasteiger partial charge in [0.15, 0.2) is 12.1 Å². The van der Waals surface area contributed by atoms with E-state index in [0.29, 0.717) is 16.5 Å². The third-order valence-electron chi connectivity index (χ3n) is 5.31. The molecule has 0 saturated carbocycles. The monoisotopic (exact) mass is 436 g/mol. The van der Waals surface area contributed by atoms with E-state index in [2.05, 4.69) is 20.5 Å². The Bertz CT molecular complexity index is 1240. The van der Waals surface area contributed by atoms with Gasteiger partial charge in [-0.1, -0.05) is 51.8 Å². The number of anilines is 1. The number of amides is 2. The normalized spacial score (nSPS) is 20.1. The molecule has 0 radical (unpaired) electrons. The number of hydrogen-bond acceptors (Lipinski definition) is 8. The summed E-state index contributed by atoms with van der Waals surface area (Å²) >= 11 is 6.18. The summed E-state index contributed by atoms with van der Waals surface area (Å²) in [5.74, 6) is -0.144. The summed E-state index contributed by atoms with van der Waals surface area (Å²) in [6.07, 6.45) is 0. The van der Waals surface area contributed by atoms with Gasteiger partial charge < -0.3 is 4.52 Å². The molecule has 3 aromatic rings. The molecule has 2 aromatic carbocycles. The first kappa shape index (κ1) is 19.4. The average Bonchev–Trinajstić information content (AvgIpc) is 3.43. The third kappa shape index (κ3) is 3.27. The first-order valence-electron chi connectivity index (χ1n) is 9.63. The van der Waals surface area contributed by atoms with Gasteiger partial charge >= 0.3 is 0 Å². The lowest BCUT2D eigenvalue weighted by Crippen LogP contribution is -2.39. The number of rotatable bonds is 4. The van der Waals surface area contributed by atoms with Gasteiger partial charge in [0.1, 0.15) is 6.54 Å². The number of aromatic nitrogens is 2. The molecule has 0 spiro atoms. The number of aryl methyl sites for hydroxylation is 2. The van der Waals surface area contributed by atoms with Crippen LogP contribution in [0, 0.1) is 13.8 Å². The Balaban J connectivity index is 1.37. The highest BCUT2D eigenvalue weighted by Crippen LogP contribution is 2.34. The van der Waals surface area contributed by atoms with Gasteiger partial charge in [0, 0.05) is 10.6 Å². The molecule has 2 amide bonds. The highest BCUT2D eigenvalue weighted by molar-refractivity contribution is 6.32. The Morgan fingerprint density at radius 2 is 1.94 bits per heavy atom. The van der Waals surface area contributed by atoms with Crippen LogP contribution in [0.5, 0.6) is 0 Å². The van der Waals surface area contributed by atoms with Crippen LogP contribution in [0.2, 0.25) is 5.02 Å². The Morgan fingerprint density at radius 1 is 1.10 bits per heavy atom. The molecule has 2 aliphatic rings. The molecule has 10 heteroatoms. The number of imide groups is 1. The van der Waals surface area contributed by atoms with Crippen LogP contribution in [0.25, 0.3) is 11.4 Å². The van der Waals surface area contributed by atoms with Gasteiger partial charge in [-0.05, 0) is 37.6 Å². The van der Waals surface area contributed by atoms with Gasteiger partial charge in [-0.3, -0.25) is 14.6 Å². The minimum absolute atomic E-state index is 0.0605. The van der Waals surface area contributed by atoms with Crippen molar-refractivity contribution in [3.8, 4) is 11.4 Å². The average molecular weight is 437 g/mol. The number of halogens is 1. The van der Waals surface area contributed by atoms with Gasteiger partial charge in [0.25, 0.3) is 11.8 Å². The van der Waals surface area contributed by atoms with E-state index in [4.69, 9.17) is 16.1 Å². The summed E-state index contributed by atoms with van der Waals surface area (Å²) < 4.78 is 5.34. The maximum absolute atomic E-state index is 13.1. The summed E-state index contributed by atoms with van der Waals surface area (Å²) in [4.78, 5) is 31.4. The molecular formula is C21H17ClN6O3. The van der Waals surface area contributed by atoms with E-state index in [0.717, 1.165) is 21.6 Å². The first-order chi connectivity index (χ1) is 14.9. The molecular weight excluding hydrogens is 420 g/mol. The fourth-order valence-corrected chi connectivity index (χ4v) is 3.86. The minimum Gasteiger partial charge on any atom is -0.337 e. The lowest BCUT2D eigenvalue weighted by atomic mass is 10.1. The molecule has 1 fully saturated rings. The van der Waals surface area contributed by atoms with Crippen molar-refractivity contribution in [2.75, 3.05) is 4.90 Å². The zero-order valence-electron chi connectivity index (χ0n) is 16.7. The molecule has 1 saturated heterocycles. The van der Waals surface area contributed by atoms with Crippen molar-refractivity contribution in [2.45, 2.75) is 32.5 Å². The number of benzene rings is 2. The summed E-state index contributed by atoms with van der Waals surface area (Å²) in [6, 6.07) is 11.0. The van der Waals surface area contributed by atoms with Gasteiger partial charge in [-0.25, -0.2) is 4.90 Å². The van der Waals surface area contributed by atoms with Gasteiger partial charge in [-0.2, -0.15) is 10.1 Å². The molecule has 0 N–H and O–H groups in total.